The molecular weight excluding hydrogens is 198 g/mol. The van der Waals surface area contributed by atoms with Gasteiger partial charge in [-0.15, -0.1) is 0 Å². The van der Waals surface area contributed by atoms with E-state index in [1.54, 1.807) is 0 Å². The SMILES string of the molecule is N#Cc1ccc(NCCN2CCCC2)cc1. The third-order valence-corrected chi connectivity index (χ3v) is 2.97. The predicted octanol–water partition coefficient (Wildman–Crippen LogP) is 2.07. The van der Waals surface area contributed by atoms with Crippen LogP contribution in [0.4, 0.5) is 5.69 Å². The minimum Gasteiger partial charge on any atom is -0.384 e. The van der Waals surface area contributed by atoms with E-state index in [9.17, 15) is 0 Å². The Labute approximate surface area is 96.7 Å². The predicted molar refractivity (Wildman–Crippen MR) is 65.3 cm³/mol. The van der Waals surface area contributed by atoms with Gasteiger partial charge in [-0.3, -0.25) is 0 Å². The number of hydrogen-bond donors (Lipinski definition) is 1. The van der Waals surface area contributed by atoms with Crippen molar-refractivity contribution in [3.05, 3.63) is 29.8 Å². The molecule has 0 aromatic heterocycles. The molecule has 3 nitrogen and oxygen atoms in total. The van der Waals surface area contributed by atoms with Crippen molar-refractivity contribution in [3.8, 4) is 6.07 Å². The van der Waals surface area contributed by atoms with Gasteiger partial charge in [0.1, 0.15) is 0 Å². The van der Waals surface area contributed by atoms with Gasteiger partial charge in [0.15, 0.2) is 0 Å². The molecule has 0 amide bonds. The fraction of sp³-hybridized carbons (Fsp3) is 0.462. The summed E-state index contributed by atoms with van der Waals surface area (Å²) in [6.45, 7) is 4.58. The fourth-order valence-electron chi connectivity index (χ4n) is 2.03. The summed E-state index contributed by atoms with van der Waals surface area (Å²) >= 11 is 0. The first-order chi connectivity index (χ1) is 7.88. The number of rotatable bonds is 4. The van der Waals surface area contributed by atoms with Gasteiger partial charge < -0.3 is 10.2 Å². The van der Waals surface area contributed by atoms with Crippen molar-refractivity contribution in [1.29, 1.82) is 5.26 Å². The van der Waals surface area contributed by atoms with Crippen LogP contribution in [0.5, 0.6) is 0 Å². The van der Waals surface area contributed by atoms with Crippen LogP contribution in [0.1, 0.15) is 18.4 Å². The van der Waals surface area contributed by atoms with Gasteiger partial charge in [0.05, 0.1) is 11.6 Å². The summed E-state index contributed by atoms with van der Waals surface area (Å²) in [6, 6.07) is 9.73. The number of likely N-dealkylation sites (tertiary alicyclic amines) is 1. The maximum Gasteiger partial charge on any atom is 0.0991 e. The number of anilines is 1. The molecule has 0 unspecified atom stereocenters. The molecule has 1 fully saturated rings. The second-order valence-electron chi connectivity index (χ2n) is 4.16. The standard InChI is InChI=1S/C13H17N3/c14-11-12-3-5-13(6-4-12)15-7-10-16-8-1-2-9-16/h3-6,15H,1-2,7-10H2. The monoisotopic (exact) mass is 215 g/mol. The van der Waals surface area contributed by atoms with E-state index < -0.39 is 0 Å². The molecule has 1 N–H and O–H groups in total. The molecule has 16 heavy (non-hydrogen) atoms. The molecule has 0 spiro atoms. The van der Waals surface area contributed by atoms with Gasteiger partial charge >= 0.3 is 0 Å². The molecule has 1 aromatic carbocycles. The van der Waals surface area contributed by atoms with Gasteiger partial charge in [-0.2, -0.15) is 5.26 Å². The first-order valence-corrected chi connectivity index (χ1v) is 5.85. The van der Waals surface area contributed by atoms with E-state index in [0.717, 1.165) is 18.8 Å². The third kappa shape index (κ3) is 2.98. The number of benzene rings is 1. The first kappa shape index (κ1) is 11.0. The van der Waals surface area contributed by atoms with E-state index in [1.807, 2.05) is 24.3 Å². The van der Waals surface area contributed by atoms with Crippen LogP contribution in [0.25, 0.3) is 0 Å². The van der Waals surface area contributed by atoms with Crippen molar-refractivity contribution in [2.24, 2.45) is 0 Å². The zero-order chi connectivity index (χ0) is 11.2. The lowest BCUT2D eigenvalue weighted by Crippen LogP contribution is -2.25. The number of nitriles is 1. The molecule has 1 aliphatic rings. The molecular formula is C13H17N3. The first-order valence-electron chi connectivity index (χ1n) is 5.85. The minimum absolute atomic E-state index is 0.713. The van der Waals surface area contributed by atoms with Crippen LogP contribution in [-0.2, 0) is 0 Å². The molecule has 0 atom stereocenters. The summed E-state index contributed by atoms with van der Waals surface area (Å²) in [5.41, 5.74) is 1.81. The molecule has 1 saturated heterocycles. The van der Waals surface area contributed by atoms with E-state index in [0.29, 0.717) is 5.56 Å². The number of nitrogens with zero attached hydrogens (tertiary/aromatic N) is 2. The molecule has 1 heterocycles. The van der Waals surface area contributed by atoms with E-state index in [2.05, 4.69) is 16.3 Å². The minimum atomic E-state index is 0.713. The van der Waals surface area contributed by atoms with Gasteiger partial charge in [0.25, 0.3) is 0 Å². The van der Waals surface area contributed by atoms with E-state index >= 15 is 0 Å². The van der Waals surface area contributed by atoms with Crippen molar-refractivity contribution < 1.29 is 0 Å². The topological polar surface area (TPSA) is 39.1 Å². The molecule has 3 heteroatoms. The third-order valence-electron chi connectivity index (χ3n) is 2.97. The highest BCUT2D eigenvalue weighted by Crippen LogP contribution is 2.09. The summed E-state index contributed by atoms with van der Waals surface area (Å²) in [5, 5.41) is 12.0. The van der Waals surface area contributed by atoms with E-state index in [1.165, 1.54) is 25.9 Å². The van der Waals surface area contributed by atoms with E-state index in [4.69, 9.17) is 5.26 Å². The highest BCUT2D eigenvalue weighted by molar-refractivity contribution is 5.47. The van der Waals surface area contributed by atoms with Crippen LogP contribution in [0.15, 0.2) is 24.3 Å². The zero-order valence-electron chi connectivity index (χ0n) is 9.45. The number of nitrogens with one attached hydrogen (secondary N) is 1. The zero-order valence-corrected chi connectivity index (χ0v) is 9.45. The molecule has 0 bridgehead atoms. The fourth-order valence-corrected chi connectivity index (χ4v) is 2.03. The van der Waals surface area contributed by atoms with Crippen molar-refractivity contribution in [2.75, 3.05) is 31.5 Å². The Morgan fingerprint density at radius 1 is 1.19 bits per heavy atom. The molecule has 2 rings (SSSR count). The van der Waals surface area contributed by atoms with Crippen molar-refractivity contribution >= 4 is 5.69 Å². The summed E-state index contributed by atoms with van der Waals surface area (Å²) in [7, 11) is 0. The molecule has 0 radical (unpaired) electrons. The smallest absolute Gasteiger partial charge is 0.0991 e. The lowest BCUT2D eigenvalue weighted by Gasteiger charge is -2.15. The highest BCUT2D eigenvalue weighted by Gasteiger charge is 2.09. The molecule has 1 aromatic rings. The maximum atomic E-state index is 8.67. The van der Waals surface area contributed by atoms with Crippen molar-refractivity contribution in [2.45, 2.75) is 12.8 Å². The van der Waals surface area contributed by atoms with Crippen LogP contribution in [0.3, 0.4) is 0 Å². The molecule has 84 valence electrons. The van der Waals surface area contributed by atoms with Gasteiger partial charge in [0, 0.05) is 18.8 Å². The van der Waals surface area contributed by atoms with E-state index in [-0.39, 0.29) is 0 Å². The van der Waals surface area contributed by atoms with Gasteiger partial charge in [-0.05, 0) is 50.2 Å². The van der Waals surface area contributed by atoms with Crippen molar-refractivity contribution in [3.63, 3.8) is 0 Å². The van der Waals surface area contributed by atoms with Crippen LogP contribution in [0.2, 0.25) is 0 Å². The largest absolute Gasteiger partial charge is 0.384 e. The van der Waals surface area contributed by atoms with Crippen LogP contribution >= 0.6 is 0 Å². The Morgan fingerprint density at radius 3 is 2.50 bits per heavy atom. The van der Waals surface area contributed by atoms with Gasteiger partial charge in [-0.1, -0.05) is 0 Å². The second-order valence-corrected chi connectivity index (χ2v) is 4.16. The summed E-state index contributed by atoms with van der Waals surface area (Å²) < 4.78 is 0. The maximum absolute atomic E-state index is 8.67. The lowest BCUT2D eigenvalue weighted by molar-refractivity contribution is 0.352. The lowest BCUT2D eigenvalue weighted by atomic mass is 10.2. The average Bonchev–Trinajstić information content (AvgIpc) is 2.83. The van der Waals surface area contributed by atoms with Gasteiger partial charge in [0.2, 0.25) is 0 Å². The Kier molecular flexibility index (Phi) is 3.79. The quantitative estimate of drug-likeness (QED) is 0.835. The molecule has 0 saturated carbocycles. The Balaban J connectivity index is 1.74. The Bertz CT molecular complexity index is 358. The summed E-state index contributed by atoms with van der Waals surface area (Å²) in [5.74, 6) is 0. The Morgan fingerprint density at radius 2 is 1.88 bits per heavy atom. The number of hydrogen-bond acceptors (Lipinski definition) is 3. The van der Waals surface area contributed by atoms with Crippen LogP contribution in [0, 0.1) is 11.3 Å². The van der Waals surface area contributed by atoms with Crippen molar-refractivity contribution in [1.82, 2.24) is 4.90 Å². The highest BCUT2D eigenvalue weighted by atomic mass is 15.1. The second kappa shape index (κ2) is 5.53. The summed E-state index contributed by atoms with van der Waals surface area (Å²) in [6.07, 6.45) is 2.69. The van der Waals surface area contributed by atoms with Crippen LogP contribution in [-0.4, -0.2) is 31.1 Å². The molecule has 1 aliphatic heterocycles. The normalized spacial score (nSPS) is 15.9. The summed E-state index contributed by atoms with van der Waals surface area (Å²) in [4.78, 5) is 2.48. The van der Waals surface area contributed by atoms with Gasteiger partial charge in [-0.25, -0.2) is 0 Å². The van der Waals surface area contributed by atoms with Crippen LogP contribution < -0.4 is 5.32 Å². The molecule has 0 aliphatic carbocycles. The average molecular weight is 215 g/mol. The Hall–Kier alpha value is -1.53.